The van der Waals surface area contributed by atoms with Gasteiger partial charge in [0.2, 0.25) is 0 Å². The maximum Gasteiger partial charge on any atom is 0.142 e. The first-order chi connectivity index (χ1) is 8.70. The van der Waals surface area contributed by atoms with Gasteiger partial charge < -0.3 is 15.2 Å². The molecule has 2 atom stereocenters. The number of rotatable bonds is 4. The minimum atomic E-state index is -0.345. The van der Waals surface area contributed by atoms with Crippen LogP contribution in [0.5, 0.6) is 5.75 Å². The van der Waals surface area contributed by atoms with Crippen molar-refractivity contribution in [3.8, 4) is 5.75 Å². The third-order valence-corrected chi connectivity index (χ3v) is 3.36. The summed E-state index contributed by atoms with van der Waals surface area (Å²) < 4.78 is 5.95. The first kappa shape index (κ1) is 13.3. The number of aryl methyl sites for hydroxylation is 1. The normalized spacial score (nSPS) is 23.9. The van der Waals surface area contributed by atoms with Crippen LogP contribution in [0.4, 0.5) is 0 Å². The Bertz CT molecular complexity index is 395. The van der Waals surface area contributed by atoms with Crippen LogP contribution in [0.3, 0.4) is 0 Å². The molecule has 18 heavy (non-hydrogen) atoms. The zero-order chi connectivity index (χ0) is 13.0. The standard InChI is InChI=1S/C14H22N2O2/c1-10-7-8-13(11(16-10)9-15-2)18-14-6-4-3-5-12(14)17/h7-8,12,14-15,17H,3-6,9H2,1-2H3. The van der Waals surface area contributed by atoms with Crippen molar-refractivity contribution in [2.45, 2.75) is 51.4 Å². The van der Waals surface area contributed by atoms with Gasteiger partial charge in [0.15, 0.2) is 0 Å². The van der Waals surface area contributed by atoms with Crippen LogP contribution in [0.25, 0.3) is 0 Å². The highest BCUT2D eigenvalue weighted by Crippen LogP contribution is 2.25. The molecule has 0 radical (unpaired) electrons. The van der Waals surface area contributed by atoms with E-state index in [0.717, 1.165) is 42.8 Å². The lowest BCUT2D eigenvalue weighted by atomic mass is 9.95. The second kappa shape index (κ2) is 6.16. The highest BCUT2D eigenvalue weighted by molar-refractivity contribution is 5.29. The highest BCUT2D eigenvalue weighted by atomic mass is 16.5. The summed E-state index contributed by atoms with van der Waals surface area (Å²) in [6.45, 7) is 2.65. The summed E-state index contributed by atoms with van der Waals surface area (Å²) in [6.07, 6.45) is 3.56. The summed E-state index contributed by atoms with van der Waals surface area (Å²) in [5.41, 5.74) is 1.90. The van der Waals surface area contributed by atoms with Gasteiger partial charge in [-0.15, -0.1) is 0 Å². The maximum atomic E-state index is 9.94. The predicted molar refractivity (Wildman–Crippen MR) is 70.6 cm³/mol. The number of ether oxygens (including phenoxy) is 1. The van der Waals surface area contributed by atoms with E-state index in [1.54, 1.807) is 0 Å². The van der Waals surface area contributed by atoms with Gasteiger partial charge in [0, 0.05) is 12.2 Å². The molecule has 0 aromatic carbocycles. The Labute approximate surface area is 108 Å². The van der Waals surface area contributed by atoms with Gasteiger partial charge in [-0.2, -0.15) is 0 Å². The van der Waals surface area contributed by atoms with Gasteiger partial charge in [0.05, 0.1) is 11.8 Å². The Morgan fingerprint density at radius 3 is 2.89 bits per heavy atom. The Morgan fingerprint density at radius 1 is 1.39 bits per heavy atom. The van der Waals surface area contributed by atoms with E-state index in [-0.39, 0.29) is 12.2 Å². The molecule has 0 bridgehead atoms. The van der Waals surface area contributed by atoms with E-state index in [1.165, 1.54) is 0 Å². The van der Waals surface area contributed by atoms with E-state index in [9.17, 15) is 5.11 Å². The molecule has 1 aromatic rings. The average Bonchev–Trinajstić information content (AvgIpc) is 2.35. The molecule has 2 unspecified atom stereocenters. The first-order valence-corrected chi connectivity index (χ1v) is 6.66. The van der Waals surface area contributed by atoms with Crippen molar-refractivity contribution in [2.75, 3.05) is 7.05 Å². The fourth-order valence-corrected chi connectivity index (χ4v) is 2.38. The number of hydrogen-bond donors (Lipinski definition) is 2. The van der Waals surface area contributed by atoms with Gasteiger partial charge in [-0.25, -0.2) is 0 Å². The Hall–Kier alpha value is -1.13. The van der Waals surface area contributed by atoms with Gasteiger partial charge in [-0.05, 0) is 45.4 Å². The van der Waals surface area contributed by atoms with E-state index in [1.807, 2.05) is 26.1 Å². The SMILES string of the molecule is CNCc1nc(C)ccc1OC1CCCCC1O. The molecular formula is C14H22N2O2. The van der Waals surface area contributed by atoms with Crippen molar-refractivity contribution in [1.29, 1.82) is 0 Å². The number of hydrogen-bond acceptors (Lipinski definition) is 4. The lowest BCUT2D eigenvalue weighted by molar-refractivity contribution is 0.00612. The van der Waals surface area contributed by atoms with E-state index < -0.39 is 0 Å². The van der Waals surface area contributed by atoms with Crippen LogP contribution in [0, 0.1) is 6.92 Å². The third kappa shape index (κ3) is 3.21. The first-order valence-electron chi connectivity index (χ1n) is 6.66. The molecular weight excluding hydrogens is 228 g/mol. The second-order valence-electron chi connectivity index (χ2n) is 4.94. The van der Waals surface area contributed by atoms with Gasteiger partial charge in [0.25, 0.3) is 0 Å². The zero-order valence-electron chi connectivity index (χ0n) is 11.1. The molecule has 100 valence electrons. The van der Waals surface area contributed by atoms with Gasteiger partial charge >= 0.3 is 0 Å². The Kier molecular flexibility index (Phi) is 4.55. The van der Waals surface area contributed by atoms with Crippen LogP contribution in [0.1, 0.15) is 37.1 Å². The summed E-state index contributed by atoms with van der Waals surface area (Å²) in [6, 6.07) is 3.90. The Balaban J connectivity index is 2.11. The van der Waals surface area contributed by atoms with Crippen LogP contribution >= 0.6 is 0 Å². The smallest absolute Gasteiger partial charge is 0.142 e. The van der Waals surface area contributed by atoms with Crippen LogP contribution in [0.15, 0.2) is 12.1 Å². The number of nitrogens with zero attached hydrogens (tertiary/aromatic N) is 1. The molecule has 1 aromatic heterocycles. The number of nitrogens with one attached hydrogen (secondary N) is 1. The molecule has 1 fully saturated rings. The second-order valence-corrected chi connectivity index (χ2v) is 4.94. The topological polar surface area (TPSA) is 54.4 Å². The average molecular weight is 250 g/mol. The maximum absolute atomic E-state index is 9.94. The van der Waals surface area contributed by atoms with Crippen LogP contribution < -0.4 is 10.1 Å². The molecule has 1 aliphatic carbocycles. The minimum absolute atomic E-state index is 0.0844. The zero-order valence-corrected chi connectivity index (χ0v) is 11.1. The largest absolute Gasteiger partial charge is 0.486 e. The summed E-state index contributed by atoms with van der Waals surface area (Å²) >= 11 is 0. The molecule has 1 heterocycles. The predicted octanol–water partition coefficient (Wildman–Crippen LogP) is 1.79. The molecule has 2 rings (SSSR count). The van der Waals surface area contributed by atoms with Crippen LogP contribution in [0.2, 0.25) is 0 Å². The van der Waals surface area contributed by atoms with Crippen molar-refractivity contribution in [2.24, 2.45) is 0 Å². The van der Waals surface area contributed by atoms with Crippen molar-refractivity contribution in [1.82, 2.24) is 10.3 Å². The van der Waals surface area contributed by atoms with Crippen molar-refractivity contribution in [3.05, 3.63) is 23.5 Å². The highest BCUT2D eigenvalue weighted by Gasteiger charge is 2.25. The van der Waals surface area contributed by atoms with Crippen LogP contribution in [-0.2, 0) is 6.54 Å². The van der Waals surface area contributed by atoms with Gasteiger partial charge in [0.1, 0.15) is 11.9 Å². The Morgan fingerprint density at radius 2 is 2.17 bits per heavy atom. The minimum Gasteiger partial charge on any atom is -0.486 e. The number of aliphatic hydroxyl groups is 1. The van der Waals surface area contributed by atoms with Crippen molar-refractivity contribution in [3.63, 3.8) is 0 Å². The molecule has 0 saturated heterocycles. The molecule has 0 amide bonds. The van der Waals surface area contributed by atoms with Crippen molar-refractivity contribution >= 4 is 0 Å². The van der Waals surface area contributed by atoms with E-state index >= 15 is 0 Å². The van der Waals surface area contributed by atoms with E-state index in [0.29, 0.717) is 6.54 Å². The fraction of sp³-hybridized carbons (Fsp3) is 0.643. The molecule has 0 aliphatic heterocycles. The fourth-order valence-electron chi connectivity index (χ4n) is 2.38. The lowest BCUT2D eigenvalue weighted by Crippen LogP contribution is -2.35. The summed E-state index contributed by atoms with van der Waals surface area (Å²) in [4.78, 5) is 4.48. The quantitative estimate of drug-likeness (QED) is 0.855. The molecule has 1 saturated carbocycles. The van der Waals surface area contributed by atoms with Gasteiger partial charge in [-0.3, -0.25) is 4.98 Å². The third-order valence-electron chi connectivity index (χ3n) is 3.36. The van der Waals surface area contributed by atoms with Crippen molar-refractivity contribution < 1.29 is 9.84 Å². The monoisotopic (exact) mass is 250 g/mol. The van der Waals surface area contributed by atoms with Crippen LogP contribution in [-0.4, -0.2) is 29.3 Å². The van der Waals surface area contributed by atoms with E-state index in [4.69, 9.17) is 4.74 Å². The number of pyridine rings is 1. The molecule has 2 N–H and O–H groups in total. The molecule has 4 nitrogen and oxygen atoms in total. The molecule has 1 aliphatic rings. The summed E-state index contributed by atoms with van der Waals surface area (Å²) in [5, 5.41) is 13.0. The molecule has 0 spiro atoms. The number of aromatic nitrogens is 1. The summed E-state index contributed by atoms with van der Waals surface area (Å²) in [5.74, 6) is 0.793. The summed E-state index contributed by atoms with van der Waals surface area (Å²) in [7, 11) is 1.89. The lowest BCUT2D eigenvalue weighted by Gasteiger charge is -2.28. The van der Waals surface area contributed by atoms with Gasteiger partial charge in [-0.1, -0.05) is 6.42 Å². The van der Waals surface area contributed by atoms with E-state index in [2.05, 4.69) is 10.3 Å². The number of aliphatic hydroxyl groups excluding tert-OH is 1. The molecule has 4 heteroatoms.